The van der Waals surface area contributed by atoms with Crippen LogP contribution in [0, 0.1) is 11.8 Å². The lowest BCUT2D eigenvalue weighted by Crippen LogP contribution is -2.30. The van der Waals surface area contributed by atoms with E-state index >= 15 is 0 Å². The van der Waals surface area contributed by atoms with E-state index in [1.165, 1.54) is 43.4 Å². The minimum absolute atomic E-state index is 0.605. The van der Waals surface area contributed by atoms with Crippen LogP contribution < -0.4 is 5.32 Å². The van der Waals surface area contributed by atoms with E-state index in [9.17, 15) is 0 Å². The molecule has 1 nitrogen and oxygen atoms in total. The molecule has 1 aliphatic rings. The molecule has 0 aliphatic heterocycles. The molecule has 0 radical (unpaired) electrons. The Labute approximate surface area is 122 Å². The summed E-state index contributed by atoms with van der Waals surface area (Å²) in [5.74, 6) is 1.85. The SMILES string of the molecule is CCNC(c1ccc(CC)s1)C1CCC(CC)CC1. The highest BCUT2D eigenvalue weighted by Gasteiger charge is 2.28. The van der Waals surface area contributed by atoms with Crippen LogP contribution in [0.15, 0.2) is 12.1 Å². The molecule has 0 bridgehead atoms. The van der Waals surface area contributed by atoms with E-state index in [0.717, 1.165) is 18.4 Å². The van der Waals surface area contributed by atoms with Crippen molar-refractivity contribution in [2.45, 2.75) is 65.3 Å². The van der Waals surface area contributed by atoms with Crippen molar-refractivity contribution in [2.24, 2.45) is 11.8 Å². The van der Waals surface area contributed by atoms with Crippen LogP contribution in [-0.2, 0) is 6.42 Å². The first kappa shape index (κ1) is 15.1. The van der Waals surface area contributed by atoms with Gasteiger partial charge in [0.15, 0.2) is 0 Å². The van der Waals surface area contributed by atoms with Gasteiger partial charge in [0.05, 0.1) is 0 Å². The quantitative estimate of drug-likeness (QED) is 0.756. The van der Waals surface area contributed by atoms with Gasteiger partial charge in [-0.15, -0.1) is 11.3 Å². The average molecular weight is 279 g/mol. The zero-order chi connectivity index (χ0) is 13.7. The minimum Gasteiger partial charge on any atom is -0.309 e. The van der Waals surface area contributed by atoms with E-state index in [2.05, 4.69) is 38.2 Å². The number of aryl methyl sites for hydroxylation is 1. The molecule has 1 aromatic heterocycles. The second-order valence-electron chi connectivity index (χ2n) is 5.88. The van der Waals surface area contributed by atoms with Gasteiger partial charge in [-0.2, -0.15) is 0 Å². The third-order valence-electron chi connectivity index (χ3n) is 4.70. The van der Waals surface area contributed by atoms with Gasteiger partial charge in [0.2, 0.25) is 0 Å². The summed E-state index contributed by atoms with van der Waals surface area (Å²) < 4.78 is 0. The van der Waals surface area contributed by atoms with Gasteiger partial charge in [-0.1, -0.05) is 40.0 Å². The van der Waals surface area contributed by atoms with Crippen LogP contribution in [0.1, 0.15) is 68.7 Å². The molecule has 1 aliphatic carbocycles. The van der Waals surface area contributed by atoms with E-state index in [0.29, 0.717) is 6.04 Å². The second kappa shape index (κ2) is 7.44. The van der Waals surface area contributed by atoms with Crippen LogP contribution in [0.4, 0.5) is 0 Å². The highest BCUT2D eigenvalue weighted by Crippen LogP contribution is 2.39. The van der Waals surface area contributed by atoms with Crippen molar-refractivity contribution in [3.63, 3.8) is 0 Å². The lowest BCUT2D eigenvalue weighted by Gasteiger charge is -2.33. The van der Waals surface area contributed by atoms with E-state index < -0.39 is 0 Å². The van der Waals surface area contributed by atoms with Crippen LogP contribution in [0.3, 0.4) is 0 Å². The van der Waals surface area contributed by atoms with Crippen molar-refractivity contribution >= 4 is 11.3 Å². The number of nitrogens with one attached hydrogen (secondary N) is 1. The molecular weight excluding hydrogens is 250 g/mol. The first-order chi connectivity index (χ1) is 9.28. The number of thiophene rings is 1. The normalized spacial score (nSPS) is 25.4. The Morgan fingerprint density at radius 2 is 1.89 bits per heavy atom. The van der Waals surface area contributed by atoms with Crippen molar-refractivity contribution in [2.75, 3.05) is 6.54 Å². The lowest BCUT2D eigenvalue weighted by atomic mass is 9.77. The number of hydrogen-bond acceptors (Lipinski definition) is 2. The standard InChI is InChI=1S/C17H29NS/c1-4-13-7-9-14(10-8-13)17(18-6-3)16-12-11-15(5-2)19-16/h11-14,17-18H,4-10H2,1-3H3. The number of hydrogen-bond donors (Lipinski definition) is 1. The Morgan fingerprint density at radius 1 is 1.16 bits per heavy atom. The van der Waals surface area contributed by atoms with Crippen molar-refractivity contribution in [3.8, 4) is 0 Å². The van der Waals surface area contributed by atoms with Crippen LogP contribution in [-0.4, -0.2) is 6.54 Å². The zero-order valence-corrected chi connectivity index (χ0v) is 13.6. The Hall–Kier alpha value is -0.340. The third kappa shape index (κ3) is 3.82. The van der Waals surface area contributed by atoms with Gasteiger partial charge in [-0.05, 0) is 49.8 Å². The highest BCUT2D eigenvalue weighted by atomic mass is 32.1. The Balaban J connectivity index is 2.03. The topological polar surface area (TPSA) is 12.0 Å². The summed E-state index contributed by atoms with van der Waals surface area (Å²) in [4.78, 5) is 3.10. The van der Waals surface area contributed by atoms with E-state index in [4.69, 9.17) is 0 Å². The van der Waals surface area contributed by atoms with E-state index in [1.54, 1.807) is 4.88 Å². The van der Waals surface area contributed by atoms with Gasteiger partial charge in [0, 0.05) is 15.8 Å². The molecule has 1 aromatic rings. The molecule has 2 rings (SSSR count). The fraction of sp³-hybridized carbons (Fsp3) is 0.765. The molecule has 2 heteroatoms. The van der Waals surface area contributed by atoms with Crippen LogP contribution in [0.25, 0.3) is 0 Å². The summed E-state index contributed by atoms with van der Waals surface area (Å²) in [6, 6.07) is 5.29. The molecule has 108 valence electrons. The van der Waals surface area contributed by atoms with Gasteiger partial charge in [0.1, 0.15) is 0 Å². The molecule has 1 fully saturated rings. The highest BCUT2D eigenvalue weighted by molar-refractivity contribution is 7.12. The van der Waals surface area contributed by atoms with E-state index in [-0.39, 0.29) is 0 Å². The van der Waals surface area contributed by atoms with Crippen LogP contribution >= 0.6 is 11.3 Å². The molecule has 0 amide bonds. The second-order valence-corrected chi connectivity index (χ2v) is 7.08. The molecule has 19 heavy (non-hydrogen) atoms. The molecule has 1 atom stereocenters. The predicted octanol–water partition coefficient (Wildman–Crippen LogP) is 5.18. The van der Waals surface area contributed by atoms with Gasteiger partial charge in [0.25, 0.3) is 0 Å². The van der Waals surface area contributed by atoms with Crippen LogP contribution in [0.2, 0.25) is 0 Å². The summed E-state index contributed by atoms with van der Waals surface area (Å²) in [6.07, 6.45) is 8.25. The maximum atomic E-state index is 3.75. The molecule has 0 saturated heterocycles. The maximum Gasteiger partial charge on any atom is 0.0443 e. The molecule has 1 unspecified atom stereocenters. The molecule has 0 spiro atoms. The molecule has 1 heterocycles. The fourth-order valence-electron chi connectivity index (χ4n) is 3.40. The third-order valence-corrected chi connectivity index (χ3v) is 6.01. The summed E-state index contributed by atoms with van der Waals surface area (Å²) in [7, 11) is 0. The maximum absolute atomic E-state index is 3.75. The smallest absolute Gasteiger partial charge is 0.0443 e. The predicted molar refractivity (Wildman–Crippen MR) is 85.9 cm³/mol. The van der Waals surface area contributed by atoms with Gasteiger partial charge in [-0.25, -0.2) is 0 Å². The van der Waals surface area contributed by atoms with Crippen molar-refractivity contribution in [1.82, 2.24) is 5.32 Å². The molecule has 0 aromatic carbocycles. The average Bonchev–Trinajstić information content (AvgIpc) is 2.93. The Bertz CT molecular complexity index is 363. The molecule has 1 N–H and O–H groups in total. The first-order valence-electron chi connectivity index (χ1n) is 8.10. The fourth-order valence-corrected chi connectivity index (χ4v) is 4.52. The summed E-state index contributed by atoms with van der Waals surface area (Å²) in [5, 5.41) is 3.75. The lowest BCUT2D eigenvalue weighted by molar-refractivity contribution is 0.222. The van der Waals surface area contributed by atoms with Crippen molar-refractivity contribution < 1.29 is 0 Å². The monoisotopic (exact) mass is 279 g/mol. The zero-order valence-electron chi connectivity index (χ0n) is 12.7. The first-order valence-corrected chi connectivity index (χ1v) is 8.92. The molecular formula is C17H29NS. The van der Waals surface area contributed by atoms with Crippen molar-refractivity contribution in [3.05, 3.63) is 21.9 Å². The Morgan fingerprint density at radius 3 is 2.42 bits per heavy atom. The van der Waals surface area contributed by atoms with Gasteiger partial charge < -0.3 is 5.32 Å². The van der Waals surface area contributed by atoms with E-state index in [1.807, 2.05) is 11.3 Å². The van der Waals surface area contributed by atoms with Crippen molar-refractivity contribution in [1.29, 1.82) is 0 Å². The minimum atomic E-state index is 0.605. The molecule has 1 saturated carbocycles. The summed E-state index contributed by atoms with van der Waals surface area (Å²) in [6.45, 7) is 7.92. The summed E-state index contributed by atoms with van der Waals surface area (Å²) >= 11 is 2.02. The largest absolute Gasteiger partial charge is 0.309 e. The van der Waals surface area contributed by atoms with Crippen LogP contribution in [0.5, 0.6) is 0 Å². The Kier molecular flexibility index (Phi) is 5.90. The number of rotatable bonds is 6. The van der Waals surface area contributed by atoms with Gasteiger partial charge in [-0.3, -0.25) is 0 Å². The summed E-state index contributed by atoms with van der Waals surface area (Å²) in [5.41, 5.74) is 0. The van der Waals surface area contributed by atoms with Gasteiger partial charge >= 0.3 is 0 Å².